The molecule has 0 spiro atoms. The number of nitrogens with zero attached hydrogens (tertiary/aromatic N) is 1. The standard InChI is InChI=1S/C11H15Cl2N3OS.ClH/c12-9-7-8(10(13)18-9)11(17)15-3-6-16-4-1-14-2-5-16;/h7,14H,1-6H2,(H,15,17);1H. The highest BCUT2D eigenvalue weighted by Gasteiger charge is 2.14. The van der Waals surface area contributed by atoms with Crippen LogP contribution in [0.3, 0.4) is 0 Å². The van der Waals surface area contributed by atoms with Crippen molar-refractivity contribution in [1.29, 1.82) is 0 Å². The van der Waals surface area contributed by atoms with Crippen molar-refractivity contribution in [2.75, 3.05) is 39.3 Å². The van der Waals surface area contributed by atoms with Crippen molar-refractivity contribution < 1.29 is 4.79 Å². The third-order valence-corrected chi connectivity index (χ3v) is 4.31. The number of carbonyl (C=O) groups is 1. The van der Waals surface area contributed by atoms with Gasteiger partial charge in [-0.2, -0.15) is 0 Å². The van der Waals surface area contributed by atoms with E-state index in [4.69, 9.17) is 23.2 Å². The molecule has 1 aromatic heterocycles. The van der Waals surface area contributed by atoms with Crippen LogP contribution < -0.4 is 10.6 Å². The molecule has 0 atom stereocenters. The maximum absolute atomic E-state index is 11.8. The van der Waals surface area contributed by atoms with Gasteiger partial charge in [0.15, 0.2) is 0 Å². The van der Waals surface area contributed by atoms with Crippen LogP contribution in [-0.2, 0) is 0 Å². The number of halogens is 3. The minimum Gasteiger partial charge on any atom is -0.351 e. The van der Waals surface area contributed by atoms with E-state index in [0.29, 0.717) is 20.8 Å². The Balaban J connectivity index is 0.00000180. The second-order valence-corrected chi connectivity index (χ2v) is 6.37. The van der Waals surface area contributed by atoms with Gasteiger partial charge in [-0.3, -0.25) is 9.69 Å². The van der Waals surface area contributed by atoms with Crippen molar-refractivity contribution in [2.45, 2.75) is 0 Å². The summed E-state index contributed by atoms with van der Waals surface area (Å²) in [5, 5.41) is 6.15. The second kappa shape index (κ2) is 8.29. The molecule has 0 radical (unpaired) electrons. The Bertz CT molecular complexity index is 421. The molecule has 0 bridgehead atoms. The first kappa shape index (κ1) is 17.0. The molecule has 0 unspecified atom stereocenters. The molecule has 1 aromatic rings. The summed E-state index contributed by atoms with van der Waals surface area (Å²) in [5.74, 6) is -0.154. The molecular formula is C11H16Cl3N3OS. The summed E-state index contributed by atoms with van der Waals surface area (Å²) in [5.41, 5.74) is 0.465. The molecule has 1 amide bonds. The zero-order valence-corrected chi connectivity index (χ0v) is 13.4. The third kappa shape index (κ3) is 5.10. The maximum Gasteiger partial charge on any atom is 0.253 e. The molecule has 1 fully saturated rings. The summed E-state index contributed by atoms with van der Waals surface area (Å²) in [4.78, 5) is 14.2. The van der Waals surface area contributed by atoms with Crippen LogP contribution in [0.4, 0.5) is 0 Å². The van der Waals surface area contributed by atoms with Gasteiger partial charge in [0.1, 0.15) is 4.34 Å². The zero-order valence-electron chi connectivity index (χ0n) is 10.2. The summed E-state index contributed by atoms with van der Waals surface area (Å²) < 4.78 is 0.979. The van der Waals surface area contributed by atoms with Crippen molar-refractivity contribution in [3.63, 3.8) is 0 Å². The minimum atomic E-state index is -0.154. The topological polar surface area (TPSA) is 44.4 Å². The fraction of sp³-hybridized carbons (Fsp3) is 0.545. The molecule has 8 heteroatoms. The van der Waals surface area contributed by atoms with Crippen LogP contribution in [0.5, 0.6) is 0 Å². The van der Waals surface area contributed by atoms with Crippen LogP contribution in [0, 0.1) is 0 Å². The van der Waals surface area contributed by atoms with E-state index in [1.54, 1.807) is 6.07 Å². The van der Waals surface area contributed by atoms with Gasteiger partial charge in [-0.15, -0.1) is 23.7 Å². The van der Waals surface area contributed by atoms with Crippen LogP contribution in [0.1, 0.15) is 10.4 Å². The number of hydrogen-bond acceptors (Lipinski definition) is 4. The fourth-order valence-electron chi connectivity index (χ4n) is 1.85. The smallest absolute Gasteiger partial charge is 0.253 e. The summed E-state index contributed by atoms with van der Waals surface area (Å²) in [6.07, 6.45) is 0. The van der Waals surface area contributed by atoms with Gasteiger partial charge in [0.25, 0.3) is 5.91 Å². The lowest BCUT2D eigenvalue weighted by Gasteiger charge is -2.27. The van der Waals surface area contributed by atoms with Gasteiger partial charge in [0.05, 0.1) is 9.90 Å². The van der Waals surface area contributed by atoms with E-state index >= 15 is 0 Å². The molecule has 0 aromatic carbocycles. The summed E-state index contributed by atoms with van der Waals surface area (Å²) >= 11 is 12.9. The van der Waals surface area contributed by atoms with Crippen LogP contribution in [0.25, 0.3) is 0 Å². The fourth-order valence-corrected chi connectivity index (χ4v) is 3.31. The van der Waals surface area contributed by atoms with E-state index < -0.39 is 0 Å². The molecular weight excluding hydrogens is 329 g/mol. The average molecular weight is 345 g/mol. The molecule has 0 saturated carbocycles. The van der Waals surface area contributed by atoms with Crippen LogP contribution in [0.15, 0.2) is 6.07 Å². The number of hydrogen-bond donors (Lipinski definition) is 2. The van der Waals surface area contributed by atoms with E-state index in [1.807, 2.05) is 0 Å². The molecule has 108 valence electrons. The number of thiophene rings is 1. The molecule has 1 saturated heterocycles. The summed E-state index contributed by atoms with van der Waals surface area (Å²) in [6.45, 7) is 5.58. The molecule has 2 rings (SSSR count). The van der Waals surface area contributed by atoms with Crippen molar-refractivity contribution in [3.05, 3.63) is 20.3 Å². The highest BCUT2D eigenvalue weighted by molar-refractivity contribution is 7.20. The number of piperazine rings is 1. The predicted molar refractivity (Wildman–Crippen MR) is 83.2 cm³/mol. The van der Waals surface area contributed by atoms with Gasteiger partial charge in [0.2, 0.25) is 0 Å². The van der Waals surface area contributed by atoms with Crippen LogP contribution in [0.2, 0.25) is 8.67 Å². The minimum absolute atomic E-state index is 0. The van der Waals surface area contributed by atoms with Crippen LogP contribution >= 0.6 is 46.9 Å². The van der Waals surface area contributed by atoms with Crippen molar-refractivity contribution in [2.24, 2.45) is 0 Å². The van der Waals surface area contributed by atoms with Gasteiger partial charge in [-0.25, -0.2) is 0 Å². The quantitative estimate of drug-likeness (QED) is 0.879. The highest BCUT2D eigenvalue weighted by Crippen LogP contribution is 2.30. The molecule has 19 heavy (non-hydrogen) atoms. The normalized spacial score (nSPS) is 15.9. The van der Waals surface area contributed by atoms with Crippen LogP contribution in [-0.4, -0.2) is 50.1 Å². The van der Waals surface area contributed by atoms with E-state index in [2.05, 4.69) is 15.5 Å². The Morgan fingerprint density at radius 2 is 2.11 bits per heavy atom. The SMILES string of the molecule is Cl.O=C(NCCN1CCNCC1)c1cc(Cl)sc1Cl. The number of carbonyl (C=O) groups excluding carboxylic acids is 1. The lowest BCUT2D eigenvalue weighted by Crippen LogP contribution is -2.46. The van der Waals surface area contributed by atoms with Gasteiger partial charge < -0.3 is 10.6 Å². The van der Waals surface area contributed by atoms with Crippen molar-refractivity contribution in [3.8, 4) is 0 Å². The molecule has 1 aliphatic heterocycles. The van der Waals surface area contributed by atoms with E-state index in [9.17, 15) is 4.79 Å². The van der Waals surface area contributed by atoms with Crippen molar-refractivity contribution in [1.82, 2.24) is 15.5 Å². The zero-order chi connectivity index (χ0) is 13.0. The maximum atomic E-state index is 11.8. The van der Waals surface area contributed by atoms with Gasteiger partial charge in [-0.05, 0) is 6.07 Å². The number of nitrogens with one attached hydrogen (secondary N) is 2. The summed E-state index contributed by atoms with van der Waals surface area (Å²) in [6, 6.07) is 1.61. The Labute approximate surface area is 132 Å². The summed E-state index contributed by atoms with van der Waals surface area (Å²) in [7, 11) is 0. The third-order valence-electron chi connectivity index (χ3n) is 2.82. The second-order valence-electron chi connectivity index (χ2n) is 4.09. The molecule has 2 heterocycles. The van der Waals surface area contributed by atoms with Crippen molar-refractivity contribution >= 4 is 52.9 Å². The largest absolute Gasteiger partial charge is 0.351 e. The Hall–Kier alpha value is -0.0400. The first-order valence-electron chi connectivity index (χ1n) is 5.83. The average Bonchev–Trinajstić information content (AvgIpc) is 2.70. The van der Waals surface area contributed by atoms with E-state index in [-0.39, 0.29) is 18.3 Å². The predicted octanol–water partition coefficient (Wildman–Crippen LogP) is 2.11. The Kier molecular flexibility index (Phi) is 7.42. The number of amides is 1. The highest BCUT2D eigenvalue weighted by atomic mass is 35.5. The first-order valence-corrected chi connectivity index (χ1v) is 7.40. The van der Waals surface area contributed by atoms with E-state index in [1.165, 1.54) is 11.3 Å². The van der Waals surface area contributed by atoms with Gasteiger partial charge in [0, 0.05) is 39.3 Å². The lowest BCUT2D eigenvalue weighted by atomic mass is 10.3. The lowest BCUT2D eigenvalue weighted by molar-refractivity contribution is 0.0948. The molecule has 0 aliphatic carbocycles. The van der Waals surface area contributed by atoms with Gasteiger partial charge >= 0.3 is 0 Å². The molecule has 2 N–H and O–H groups in total. The first-order chi connectivity index (χ1) is 8.66. The Morgan fingerprint density at radius 1 is 1.42 bits per heavy atom. The number of rotatable bonds is 4. The monoisotopic (exact) mass is 343 g/mol. The Morgan fingerprint density at radius 3 is 2.68 bits per heavy atom. The van der Waals surface area contributed by atoms with Gasteiger partial charge in [-0.1, -0.05) is 23.2 Å². The van der Waals surface area contributed by atoms with E-state index in [0.717, 1.165) is 32.7 Å². The molecule has 4 nitrogen and oxygen atoms in total. The molecule has 1 aliphatic rings.